The van der Waals surface area contributed by atoms with Crippen molar-refractivity contribution in [1.82, 2.24) is 5.32 Å². The number of allylic oxidation sites excluding steroid dienone is 2. The van der Waals surface area contributed by atoms with Crippen LogP contribution in [0.3, 0.4) is 0 Å². The predicted molar refractivity (Wildman–Crippen MR) is 80.9 cm³/mol. The lowest BCUT2D eigenvalue weighted by Gasteiger charge is -2.31. The van der Waals surface area contributed by atoms with E-state index in [1.807, 2.05) is 5.32 Å². The van der Waals surface area contributed by atoms with E-state index in [2.05, 4.69) is 0 Å². The molecule has 0 radical (unpaired) electrons. The molecular weight excluding hydrogens is 346 g/mol. The van der Waals surface area contributed by atoms with Crippen LogP contribution >= 0.6 is 0 Å². The molecule has 5 nitrogen and oxygen atoms in total. The van der Waals surface area contributed by atoms with Gasteiger partial charge in [0.2, 0.25) is 0 Å². The van der Waals surface area contributed by atoms with Crippen molar-refractivity contribution >= 4 is 11.9 Å². The molecule has 0 spiro atoms. The predicted octanol–water partition coefficient (Wildman–Crippen LogP) is 3.17. The maximum absolute atomic E-state index is 13.4. The van der Waals surface area contributed by atoms with Crippen LogP contribution in [0.2, 0.25) is 0 Å². The Morgan fingerprint density at radius 1 is 0.920 bits per heavy atom. The third kappa shape index (κ3) is 4.73. The van der Waals surface area contributed by atoms with Crippen LogP contribution in [0.15, 0.2) is 22.5 Å². The Labute approximate surface area is 143 Å². The summed E-state index contributed by atoms with van der Waals surface area (Å²) in [5.74, 6) is -3.39. The zero-order chi connectivity index (χ0) is 19.1. The standard InChI is InChI=1S/C16H21F4NO4/c1-4-7-8-9(15(22)24-5-2)11(13(17)18)21-12(14(19)20)10(8)16(23)25-6-3/h8,13-14,21H,4-7H2,1-3H3. The molecule has 0 aromatic carbocycles. The molecule has 0 saturated carbocycles. The summed E-state index contributed by atoms with van der Waals surface area (Å²) in [6.45, 7) is 4.48. The molecule has 0 amide bonds. The molecule has 0 aromatic rings. The van der Waals surface area contributed by atoms with Gasteiger partial charge in [0.25, 0.3) is 12.9 Å². The highest BCUT2D eigenvalue weighted by Crippen LogP contribution is 2.38. The second kappa shape index (κ2) is 9.43. The summed E-state index contributed by atoms with van der Waals surface area (Å²) in [4.78, 5) is 24.4. The number of halogens is 4. The Morgan fingerprint density at radius 3 is 1.60 bits per heavy atom. The number of alkyl halides is 4. The van der Waals surface area contributed by atoms with E-state index in [1.54, 1.807) is 6.92 Å². The van der Waals surface area contributed by atoms with Crippen molar-refractivity contribution in [3.8, 4) is 0 Å². The first-order valence-electron chi connectivity index (χ1n) is 7.95. The van der Waals surface area contributed by atoms with E-state index in [4.69, 9.17) is 9.47 Å². The third-order valence-electron chi connectivity index (χ3n) is 3.55. The summed E-state index contributed by atoms with van der Waals surface area (Å²) in [6.07, 6.45) is -6.02. The van der Waals surface area contributed by atoms with Gasteiger partial charge in [-0.3, -0.25) is 0 Å². The number of ether oxygens (including phenoxy) is 2. The largest absolute Gasteiger partial charge is 0.463 e. The first-order valence-corrected chi connectivity index (χ1v) is 7.95. The van der Waals surface area contributed by atoms with Crippen LogP contribution in [0.5, 0.6) is 0 Å². The highest BCUT2D eigenvalue weighted by molar-refractivity contribution is 5.98. The Morgan fingerprint density at radius 2 is 1.32 bits per heavy atom. The molecule has 0 unspecified atom stereocenters. The number of esters is 2. The Balaban J connectivity index is 3.57. The van der Waals surface area contributed by atoms with E-state index < -0.39 is 53.2 Å². The van der Waals surface area contributed by atoms with Gasteiger partial charge in [-0.15, -0.1) is 0 Å². The van der Waals surface area contributed by atoms with Gasteiger partial charge in [0.15, 0.2) is 0 Å². The van der Waals surface area contributed by atoms with E-state index >= 15 is 0 Å². The summed E-state index contributed by atoms with van der Waals surface area (Å²) in [5.41, 5.74) is -2.93. The number of rotatable bonds is 8. The molecule has 0 aliphatic carbocycles. The molecule has 1 N–H and O–H groups in total. The minimum Gasteiger partial charge on any atom is -0.463 e. The smallest absolute Gasteiger partial charge is 0.336 e. The maximum atomic E-state index is 13.4. The van der Waals surface area contributed by atoms with Gasteiger partial charge < -0.3 is 14.8 Å². The van der Waals surface area contributed by atoms with Gasteiger partial charge in [0.1, 0.15) is 0 Å². The van der Waals surface area contributed by atoms with Gasteiger partial charge in [-0.25, -0.2) is 27.2 Å². The number of nitrogens with one attached hydrogen (secondary N) is 1. The minimum absolute atomic E-state index is 0.0381. The monoisotopic (exact) mass is 367 g/mol. The van der Waals surface area contributed by atoms with Crippen molar-refractivity contribution in [1.29, 1.82) is 0 Å². The summed E-state index contributed by atoms with van der Waals surface area (Å²) >= 11 is 0. The summed E-state index contributed by atoms with van der Waals surface area (Å²) < 4.78 is 63.1. The fourth-order valence-corrected chi connectivity index (χ4v) is 2.64. The first kappa shape index (κ1) is 21.0. The van der Waals surface area contributed by atoms with Crippen LogP contribution in [0.1, 0.15) is 33.6 Å². The highest BCUT2D eigenvalue weighted by atomic mass is 19.3. The van der Waals surface area contributed by atoms with Gasteiger partial charge >= 0.3 is 11.9 Å². The molecule has 1 aliphatic heterocycles. The fourth-order valence-electron chi connectivity index (χ4n) is 2.64. The van der Waals surface area contributed by atoms with E-state index in [0.29, 0.717) is 6.42 Å². The molecule has 9 heteroatoms. The molecule has 142 valence electrons. The zero-order valence-corrected chi connectivity index (χ0v) is 14.2. The topological polar surface area (TPSA) is 64.6 Å². The molecule has 1 rings (SSSR count). The molecule has 0 bridgehead atoms. The van der Waals surface area contributed by atoms with Crippen molar-refractivity contribution in [2.24, 2.45) is 5.92 Å². The summed E-state index contributed by atoms with van der Waals surface area (Å²) in [7, 11) is 0. The van der Waals surface area contributed by atoms with Crippen LogP contribution in [-0.2, 0) is 19.1 Å². The highest BCUT2D eigenvalue weighted by Gasteiger charge is 2.42. The number of hydrogen-bond donors (Lipinski definition) is 1. The first-order chi connectivity index (χ1) is 11.8. The second-order valence-electron chi connectivity index (χ2n) is 5.16. The summed E-state index contributed by atoms with van der Waals surface area (Å²) in [6, 6.07) is 0. The Hall–Kier alpha value is -2.06. The number of carbonyl (C=O) groups excluding carboxylic acids is 2. The van der Waals surface area contributed by atoms with Crippen LogP contribution in [0.25, 0.3) is 0 Å². The van der Waals surface area contributed by atoms with Gasteiger partial charge in [-0.05, 0) is 20.3 Å². The average molecular weight is 367 g/mol. The molecule has 0 aromatic heterocycles. The lowest BCUT2D eigenvalue weighted by atomic mass is 9.82. The van der Waals surface area contributed by atoms with Gasteiger partial charge in [0.05, 0.1) is 35.8 Å². The van der Waals surface area contributed by atoms with Crippen molar-refractivity contribution in [2.75, 3.05) is 13.2 Å². The molecule has 0 saturated heterocycles. The maximum Gasteiger partial charge on any atom is 0.336 e. The van der Waals surface area contributed by atoms with E-state index in [1.165, 1.54) is 13.8 Å². The van der Waals surface area contributed by atoms with Crippen molar-refractivity contribution in [3.05, 3.63) is 22.5 Å². The quantitative estimate of drug-likeness (QED) is 0.527. The van der Waals surface area contributed by atoms with Crippen molar-refractivity contribution in [3.63, 3.8) is 0 Å². The molecular formula is C16H21F4NO4. The SMILES string of the molecule is CCCC1C(C(=O)OCC)=C(C(F)F)NC(C(F)F)=C1C(=O)OCC. The molecule has 1 aliphatic rings. The molecule has 0 fully saturated rings. The van der Waals surface area contributed by atoms with Gasteiger partial charge in [0, 0.05) is 5.92 Å². The lowest BCUT2D eigenvalue weighted by Crippen LogP contribution is -2.39. The Bertz CT molecular complexity index is 526. The van der Waals surface area contributed by atoms with E-state index in [9.17, 15) is 27.2 Å². The van der Waals surface area contributed by atoms with Crippen LogP contribution in [-0.4, -0.2) is 38.0 Å². The van der Waals surface area contributed by atoms with Crippen molar-refractivity contribution in [2.45, 2.75) is 46.5 Å². The zero-order valence-electron chi connectivity index (χ0n) is 14.2. The fraction of sp³-hybridized carbons (Fsp3) is 0.625. The van der Waals surface area contributed by atoms with Crippen LogP contribution in [0.4, 0.5) is 17.6 Å². The van der Waals surface area contributed by atoms with E-state index in [-0.39, 0.29) is 19.6 Å². The minimum atomic E-state index is -3.21. The second-order valence-corrected chi connectivity index (χ2v) is 5.16. The summed E-state index contributed by atoms with van der Waals surface area (Å²) in [5, 5.41) is 1.88. The molecule has 0 atom stereocenters. The van der Waals surface area contributed by atoms with Crippen LogP contribution < -0.4 is 5.32 Å². The van der Waals surface area contributed by atoms with Crippen LogP contribution in [0, 0.1) is 5.92 Å². The average Bonchev–Trinajstić information content (AvgIpc) is 2.54. The normalized spacial score (nSPS) is 15.7. The van der Waals surface area contributed by atoms with E-state index in [0.717, 1.165) is 0 Å². The third-order valence-corrected chi connectivity index (χ3v) is 3.55. The molecule has 1 heterocycles. The Kier molecular flexibility index (Phi) is 7.92. The lowest BCUT2D eigenvalue weighted by molar-refractivity contribution is -0.140. The number of carbonyl (C=O) groups is 2. The van der Waals surface area contributed by atoms with Gasteiger partial charge in [-0.1, -0.05) is 13.3 Å². The number of hydrogen-bond acceptors (Lipinski definition) is 5. The van der Waals surface area contributed by atoms with Crippen molar-refractivity contribution < 1.29 is 36.6 Å². The van der Waals surface area contributed by atoms with Gasteiger partial charge in [-0.2, -0.15) is 0 Å². The molecule has 25 heavy (non-hydrogen) atoms. The number of dihydropyridines is 1.